The number of piperazine rings is 1. The highest BCUT2D eigenvalue weighted by atomic mass is 32.2. The number of carbonyl (C=O) groups is 2. The summed E-state index contributed by atoms with van der Waals surface area (Å²) >= 11 is 3.30. The van der Waals surface area contributed by atoms with Crippen LogP contribution in [0.4, 0.5) is 0 Å². The third-order valence-corrected chi connectivity index (χ3v) is 4.89. The quantitative estimate of drug-likeness (QED) is 0.907. The number of nitrogens with one attached hydrogen (secondary N) is 1. The summed E-state index contributed by atoms with van der Waals surface area (Å²) in [7, 11) is 0. The first-order chi connectivity index (χ1) is 8.68. The molecule has 98 valence electrons. The van der Waals surface area contributed by atoms with Crippen molar-refractivity contribution in [3.8, 4) is 0 Å². The molecule has 0 radical (unpaired) electrons. The Balaban J connectivity index is 1.78. The van der Waals surface area contributed by atoms with Gasteiger partial charge in [-0.1, -0.05) is 6.07 Å². The van der Waals surface area contributed by atoms with Crippen LogP contribution < -0.4 is 5.32 Å². The van der Waals surface area contributed by atoms with Crippen molar-refractivity contribution in [2.24, 2.45) is 0 Å². The maximum atomic E-state index is 12.0. The van der Waals surface area contributed by atoms with Gasteiger partial charge in [-0.05, 0) is 18.4 Å². The van der Waals surface area contributed by atoms with E-state index < -0.39 is 0 Å². The van der Waals surface area contributed by atoms with Gasteiger partial charge in [-0.25, -0.2) is 0 Å². The van der Waals surface area contributed by atoms with Gasteiger partial charge in [0.05, 0.1) is 5.75 Å². The summed E-state index contributed by atoms with van der Waals surface area (Å²) in [5.74, 6) is 1.30. The van der Waals surface area contributed by atoms with Crippen molar-refractivity contribution in [2.45, 2.75) is 18.7 Å². The van der Waals surface area contributed by atoms with Gasteiger partial charge >= 0.3 is 0 Å². The first-order valence-electron chi connectivity index (χ1n) is 5.86. The minimum absolute atomic E-state index is 0.0545. The fourth-order valence-electron chi connectivity index (χ4n) is 1.84. The van der Waals surface area contributed by atoms with Crippen molar-refractivity contribution in [2.75, 3.05) is 18.8 Å². The maximum absolute atomic E-state index is 12.0. The molecule has 6 heteroatoms. The van der Waals surface area contributed by atoms with Crippen LogP contribution in [0.25, 0.3) is 0 Å². The number of nitrogens with zero attached hydrogens (tertiary/aromatic N) is 1. The molecular formula is C12H16N2O2S2. The Labute approximate surface area is 115 Å². The summed E-state index contributed by atoms with van der Waals surface area (Å²) in [6.45, 7) is 2.95. The first kappa shape index (κ1) is 13.4. The molecular weight excluding hydrogens is 268 g/mol. The van der Waals surface area contributed by atoms with Gasteiger partial charge < -0.3 is 10.2 Å². The van der Waals surface area contributed by atoms with E-state index in [9.17, 15) is 9.59 Å². The molecule has 2 rings (SSSR count). The molecule has 0 saturated carbocycles. The van der Waals surface area contributed by atoms with Crippen LogP contribution in [-0.4, -0.2) is 41.6 Å². The molecule has 1 aliphatic heterocycles. The number of amides is 2. The van der Waals surface area contributed by atoms with Crippen LogP contribution in [-0.2, 0) is 15.3 Å². The second kappa shape index (κ2) is 6.24. The monoisotopic (exact) mass is 284 g/mol. The molecule has 1 aromatic heterocycles. The first-order valence-corrected chi connectivity index (χ1v) is 7.89. The van der Waals surface area contributed by atoms with Gasteiger partial charge in [-0.2, -0.15) is 0 Å². The summed E-state index contributed by atoms with van der Waals surface area (Å²) in [6.07, 6.45) is 0. The van der Waals surface area contributed by atoms with E-state index in [2.05, 4.69) is 11.4 Å². The summed E-state index contributed by atoms with van der Waals surface area (Å²) in [5.41, 5.74) is 0. The smallest absolute Gasteiger partial charge is 0.242 e. The Morgan fingerprint density at radius 3 is 3.22 bits per heavy atom. The predicted octanol–water partition coefficient (Wildman–Crippen LogP) is 1.33. The average Bonchev–Trinajstić information content (AvgIpc) is 2.85. The standard InChI is InChI=1S/C12H16N2O2S2/c1-9-12(16)13-4-5-14(9)11(15)8-17-7-10-3-2-6-18-10/h2-3,6,9H,4-5,7-8H2,1H3,(H,13,16). The lowest BCUT2D eigenvalue weighted by Crippen LogP contribution is -2.56. The fraction of sp³-hybridized carbons (Fsp3) is 0.500. The van der Waals surface area contributed by atoms with Crippen LogP contribution in [0.1, 0.15) is 11.8 Å². The van der Waals surface area contributed by atoms with E-state index in [-0.39, 0.29) is 17.9 Å². The van der Waals surface area contributed by atoms with Gasteiger partial charge in [0.1, 0.15) is 6.04 Å². The molecule has 2 heterocycles. The zero-order valence-electron chi connectivity index (χ0n) is 10.2. The molecule has 1 unspecified atom stereocenters. The minimum atomic E-state index is -0.339. The second-order valence-electron chi connectivity index (χ2n) is 4.13. The molecule has 1 fully saturated rings. The zero-order valence-corrected chi connectivity index (χ0v) is 11.9. The number of thioether (sulfide) groups is 1. The lowest BCUT2D eigenvalue weighted by atomic mass is 10.2. The molecule has 1 atom stereocenters. The van der Waals surface area contributed by atoms with Crippen LogP contribution in [0.2, 0.25) is 0 Å². The summed E-state index contributed by atoms with van der Waals surface area (Å²) < 4.78 is 0. The van der Waals surface area contributed by atoms with Crippen molar-refractivity contribution in [1.29, 1.82) is 0 Å². The molecule has 4 nitrogen and oxygen atoms in total. The highest BCUT2D eigenvalue weighted by Crippen LogP contribution is 2.18. The molecule has 1 saturated heterocycles. The van der Waals surface area contributed by atoms with Gasteiger partial charge in [-0.15, -0.1) is 23.1 Å². The van der Waals surface area contributed by atoms with E-state index in [1.165, 1.54) is 4.88 Å². The van der Waals surface area contributed by atoms with Gasteiger partial charge in [0.2, 0.25) is 11.8 Å². The van der Waals surface area contributed by atoms with Crippen LogP contribution in [0.15, 0.2) is 17.5 Å². The van der Waals surface area contributed by atoms with Gasteiger partial charge in [0.15, 0.2) is 0 Å². The zero-order chi connectivity index (χ0) is 13.0. The Morgan fingerprint density at radius 1 is 1.67 bits per heavy atom. The number of carbonyl (C=O) groups excluding carboxylic acids is 2. The van der Waals surface area contributed by atoms with Crippen LogP contribution in [0.3, 0.4) is 0 Å². The predicted molar refractivity (Wildman–Crippen MR) is 74.7 cm³/mol. The van der Waals surface area contributed by atoms with Gasteiger partial charge in [0.25, 0.3) is 0 Å². The van der Waals surface area contributed by atoms with E-state index in [1.54, 1.807) is 34.9 Å². The van der Waals surface area contributed by atoms with Crippen molar-refractivity contribution in [3.05, 3.63) is 22.4 Å². The van der Waals surface area contributed by atoms with Crippen LogP contribution >= 0.6 is 23.1 Å². The van der Waals surface area contributed by atoms with Crippen molar-refractivity contribution >= 4 is 34.9 Å². The van der Waals surface area contributed by atoms with Crippen molar-refractivity contribution in [1.82, 2.24) is 10.2 Å². The molecule has 0 aromatic carbocycles. The number of thiophene rings is 1. The lowest BCUT2D eigenvalue weighted by molar-refractivity contribution is -0.140. The van der Waals surface area contributed by atoms with Crippen molar-refractivity contribution < 1.29 is 9.59 Å². The molecule has 0 aliphatic carbocycles. The maximum Gasteiger partial charge on any atom is 0.242 e. The lowest BCUT2D eigenvalue weighted by Gasteiger charge is -2.32. The van der Waals surface area contributed by atoms with Crippen LogP contribution in [0.5, 0.6) is 0 Å². The number of rotatable bonds is 4. The summed E-state index contributed by atoms with van der Waals surface area (Å²) in [4.78, 5) is 26.4. The van der Waals surface area contributed by atoms with E-state index in [0.29, 0.717) is 18.8 Å². The normalized spacial score (nSPS) is 19.7. The summed E-state index contributed by atoms with van der Waals surface area (Å²) in [6, 6.07) is 3.74. The molecule has 1 aliphatic rings. The average molecular weight is 284 g/mol. The van der Waals surface area contributed by atoms with E-state index >= 15 is 0 Å². The van der Waals surface area contributed by atoms with Crippen molar-refractivity contribution in [3.63, 3.8) is 0 Å². The van der Waals surface area contributed by atoms with Gasteiger partial charge in [-0.3, -0.25) is 9.59 Å². The third-order valence-electron chi connectivity index (χ3n) is 2.87. The Morgan fingerprint density at radius 2 is 2.50 bits per heavy atom. The van der Waals surface area contributed by atoms with E-state index in [1.807, 2.05) is 11.4 Å². The number of hydrogen-bond acceptors (Lipinski definition) is 4. The molecule has 1 N–H and O–H groups in total. The second-order valence-corrected chi connectivity index (χ2v) is 6.14. The molecule has 18 heavy (non-hydrogen) atoms. The Bertz CT molecular complexity index is 420. The summed E-state index contributed by atoms with van der Waals surface area (Å²) in [5, 5.41) is 4.79. The van der Waals surface area contributed by atoms with E-state index in [0.717, 1.165) is 5.75 Å². The third kappa shape index (κ3) is 3.26. The molecule has 1 aromatic rings. The topological polar surface area (TPSA) is 49.4 Å². The van der Waals surface area contributed by atoms with Crippen LogP contribution in [0, 0.1) is 0 Å². The highest BCUT2D eigenvalue weighted by Gasteiger charge is 2.28. The van der Waals surface area contributed by atoms with Gasteiger partial charge in [0, 0.05) is 23.7 Å². The minimum Gasteiger partial charge on any atom is -0.353 e. The highest BCUT2D eigenvalue weighted by molar-refractivity contribution is 7.99. The Hall–Kier alpha value is -1.01. The Kier molecular flexibility index (Phi) is 4.66. The number of hydrogen-bond donors (Lipinski definition) is 1. The molecule has 0 bridgehead atoms. The SMILES string of the molecule is CC1C(=O)NCCN1C(=O)CSCc1cccs1. The molecule has 0 spiro atoms. The largest absolute Gasteiger partial charge is 0.353 e. The molecule has 2 amide bonds. The fourth-order valence-corrected chi connectivity index (χ4v) is 3.59. The van der Waals surface area contributed by atoms with E-state index in [4.69, 9.17) is 0 Å².